The Morgan fingerprint density at radius 3 is 0.946 bits per heavy atom. The summed E-state index contributed by atoms with van der Waals surface area (Å²) in [6.07, 6.45) is -8.06. The summed E-state index contributed by atoms with van der Waals surface area (Å²) in [5.41, 5.74) is 8.18. The smallest absolute Gasteiger partial charge is 0.0355 e. The van der Waals surface area contributed by atoms with Crippen LogP contribution in [0.25, 0.3) is 0 Å². The highest BCUT2D eigenvalue weighted by Crippen LogP contribution is 2.44. The molecule has 7 aromatic rings. The summed E-state index contributed by atoms with van der Waals surface area (Å²) in [5, 5.41) is 0. The van der Waals surface area contributed by atoms with Gasteiger partial charge in [0.05, 0.1) is 0 Å². The molecule has 3 unspecified atom stereocenters. The van der Waals surface area contributed by atoms with Gasteiger partial charge in [0, 0.05) is 42.5 Å². The van der Waals surface area contributed by atoms with E-state index in [0.717, 1.165) is 74.2 Å². The first-order chi connectivity index (χ1) is 62.5. The predicted octanol–water partition coefficient (Wildman–Crippen LogP) is 35.3. The molecular weight excluding hydrogens is 1350 g/mol. The van der Waals surface area contributed by atoms with Crippen LogP contribution >= 0.6 is 0 Å². The van der Waals surface area contributed by atoms with Crippen molar-refractivity contribution in [1.29, 1.82) is 0 Å². The minimum absolute atomic E-state index is 0.0150. The summed E-state index contributed by atoms with van der Waals surface area (Å²) in [6.45, 7) is 65.1. The molecule has 0 aliphatic carbocycles. The Morgan fingerprint density at radius 2 is 0.589 bits per heavy atom. The number of hydrogen-bond acceptors (Lipinski definition) is 0. The molecule has 0 heteroatoms. The van der Waals surface area contributed by atoms with Gasteiger partial charge in [0.1, 0.15) is 0 Å². The molecule has 7 aromatic carbocycles. The Balaban J connectivity index is 0.000000844. The van der Waals surface area contributed by atoms with Gasteiger partial charge in [0.2, 0.25) is 0 Å². The molecule has 0 saturated heterocycles. The fourth-order valence-corrected chi connectivity index (χ4v) is 13.1. The highest BCUT2D eigenvalue weighted by Gasteiger charge is 2.32. The lowest BCUT2D eigenvalue weighted by molar-refractivity contribution is 0.334. The zero-order chi connectivity index (χ0) is 114. The molecule has 0 heterocycles. The van der Waals surface area contributed by atoms with Gasteiger partial charge in [-0.1, -0.05) is 470 Å². The third kappa shape index (κ3) is 36.0. The van der Waals surface area contributed by atoms with Gasteiger partial charge in [-0.25, -0.2) is 0 Å². The van der Waals surface area contributed by atoms with E-state index in [-0.39, 0.29) is 66.9 Å². The molecule has 0 nitrogen and oxygen atoms in total. The highest BCUT2D eigenvalue weighted by molar-refractivity contribution is 5.46. The molecule has 3 atom stereocenters. The SMILES string of the molecule is [2H]C(C)(C)c1ccccc1C(C)(C)C.[2H]C([2H])([2H])C([2H])(c1cccc(C([2H])(C([2H])([2H])[2H])C([2H])([2H])C)c1C(C)(C)C)C([2H])([2H])[2H].[2H]C([2H])([2H])C([2H])(c1ccccc1C(C)(C)C)C([2H])([2H])[2H].[2H]C([2H])(c1cccc(C([2H])(C)C(C)(C)C)c1C(C)(C)C)C(C)(C)C.[2H]C([2H])(c1cccc(C([2H])(C)C(C)C)c1C(C)(C)C)C(C)C.[2H]C([2H])(c1ccccc1C(C)(C)C)C(C)(C)C.[2H]C([2H])(c1ccccc1C(C)(C)C)C(C)C. The van der Waals surface area contributed by atoms with Crippen molar-refractivity contribution < 1.29 is 42.5 Å². The van der Waals surface area contributed by atoms with Crippen LogP contribution in [-0.2, 0) is 63.4 Å². The normalized spacial score (nSPS) is 19.9. The van der Waals surface area contributed by atoms with E-state index >= 15 is 0 Å². The summed E-state index contributed by atoms with van der Waals surface area (Å²) in [7, 11) is 0. The van der Waals surface area contributed by atoms with E-state index in [1.807, 2.05) is 209 Å². The van der Waals surface area contributed by atoms with Crippen LogP contribution < -0.4 is 0 Å². The van der Waals surface area contributed by atoms with Gasteiger partial charge in [0.25, 0.3) is 0 Å². The minimum atomic E-state index is -3.31. The van der Waals surface area contributed by atoms with Gasteiger partial charge < -0.3 is 0 Å². The second-order valence-corrected chi connectivity index (χ2v) is 41.6. The Kier molecular flexibility index (Phi) is 24.5. The van der Waals surface area contributed by atoms with Crippen molar-refractivity contribution in [2.45, 2.75) is 423 Å². The average Bonchev–Trinajstić information content (AvgIpc) is 0.690. The molecule has 0 aromatic heterocycles. The van der Waals surface area contributed by atoms with E-state index in [9.17, 15) is 0 Å². The van der Waals surface area contributed by atoms with Crippen LogP contribution in [0.15, 0.2) is 152 Å². The lowest BCUT2D eigenvalue weighted by Gasteiger charge is -2.35. The van der Waals surface area contributed by atoms with Crippen molar-refractivity contribution in [3.05, 3.63) is 246 Å². The topological polar surface area (TPSA) is 0 Å². The first-order valence-corrected chi connectivity index (χ1v) is 40.9. The number of hydrogen-bond donors (Lipinski definition) is 0. The Hall–Kier alpha value is -5.46. The van der Waals surface area contributed by atoms with Crippen LogP contribution in [0.3, 0.4) is 0 Å². The summed E-state index contributed by atoms with van der Waals surface area (Å²) in [5.74, 6) is -10.6. The van der Waals surface area contributed by atoms with Gasteiger partial charge in [-0.3, -0.25) is 0 Å². The van der Waals surface area contributed by atoms with Crippen molar-refractivity contribution in [3.63, 3.8) is 0 Å². The molecule has 0 N–H and O–H groups in total. The number of rotatable bonds is 14. The standard InChI is InChI=1S/C21H36.C19H32.C17H28.C15H24.C14H22.2C13H20/c1-15(20(5,6)7)17-13-11-12-16(14-19(2,3)4)18(17)21(8,9)10;1-13(2)12-16-10-9-11-17(15(5)14(3)4)18(16)19(6,7)8;1-8-13(4)15-11-9-10-14(12(2)3)16(15)17(5,6)7;1-14(2,3)11-12-9-7-8-10-13(12)15(4,5)6;1-11(2)10-12-8-6-7-9-13(12)14(3,4)5;2*1-10(2)11-8-6-7-9-12(11)13(3,4)5/h11-13,15H,14H2,1-10H3;9-11,13-15H,12H2,1-8H3;9-13H,8H2,1-7H3;7-10H,11H2,1-6H3;6-9,11H,10H2,1-5H3;2*6-10H,1-5H3/i14D2,15D;12D2,15D;2D3,3D3,4D3,8D2,12D,13D;11D2;10D2;1D3,2D3,10D;10D. The molecule has 112 heavy (non-hydrogen) atoms. The molecule has 0 spiro atoms. The second-order valence-electron chi connectivity index (χ2n) is 41.6. The van der Waals surface area contributed by atoms with Crippen LogP contribution in [0.1, 0.15) is 497 Å². The summed E-state index contributed by atoms with van der Waals surface area (Å²) >= 11 is 0. The van der Waals surface area contributed by atoms with Gasteiger partial charge in [-0.05, 0) is 234 Å². The molecule has 0 saturated carbocycles. The summed E-state index contributed by atoms with van der Waals surface area (Å²) in [6, 6.07) is 45.6. The van der Waals surface area contributed by atoms with Gasteiger partial charge in [-0.15, -0.1) is 0 Å². The summed E-state index contributed by atoms with van der Waals surface area (Å²) < 4.78 is 252. The predicted molar refractivity (Wildman–Crippen MR) is 511 cm³/mol. The van der Waals surface area contributed by atoms with Crippen LogP contribution in [-0.4, -0.2) is 0 Å². The van der Waals surface area contributed by atoms with E-state index in [1.165, 1.54) is 23.8 Å². The molecule has 630 valence electrons. The summed E-state index contributed by atoms with van der Waals surface area (Å²) in [4.78, 5) is 0. The van der Waals surface area contributed by atoms with E-state index in [2.05, 4.69) is 157 Å². The van der Waals surface area contributed by atoms with E-state index in [1.54, 1.807) is 39.0 Å². The largest absolute Gasteiger partial charge is 0.0648 e. The average molecular weight is 1560 g/mol. The minimum Gasteiger partial charge on any atom is -0.0648 e. The van der Waals surface area contributed by atoms with Gasteiger partial charge in [0.15, 0.2) is 0 Å². The fraction of sp³-hybridized carbons (Fsp3) is 0.625. The Bertz CT molecular complexity index is 5030. The Morgan fingerprint density at radius 1 is 0.286 bits per heavy atom. The van der Waals surface area contributed by atoms with Crippen LogP contribution in [0, 0.1) is 34.0 Å². The zero-order valence-electron chi connectivity index (χ0n) is 110. The van der Waals surface area contributed by atoms with Gasteiger partial charge in [-0.2, -0.15) is 0 Å². The first kappa shape index (κ1) is 62.7. The zero-order valence-corrected chi connectivity index (χ0v) is 78.7. The highest BCUT2D eigenvalue weighted by atomic mass is 14.4. The van der Waals surface area contributed by atoms with Crippen molar-refractivity contribution >= 4 is 0 Å². The molecule has 0 fully saturated rings. The lowest BCUT2D eigenvalue weighted by Crippen LogP contribution is -2.24. The second kappa shape index (κ2) is 43.7. The number of benzene rings is 7. The molecule has 0 amide bonds. The third-order valence-corrected chi connectivity index (χ3v) is 18.7. The maximum Gasteiger partial charge on any atom is 0.0355 e. The quantitative estimate of drug-likeness (QED) is 0.102. The molecule has 7 rings (SSSR count). The van der Waals surface area contributed by atoms with E-state index < -0.39 is 129 Å². The van der Waals surface area contributed by atoms with Crippen molar-refractivity contribution in [2.75, 3.05) is 0 Å². The molecule has 0 bridgehead atoms. The van der Waals surface area contributed by atoms with Gasteiger partial charge >= 0.3 is 0 Å². The maximum atomic E-state index is 9.07. The third-order valence-electron chi connectivity index (χ3n) is 18.7. The van der Waals surface area contributed by atoms with E-state index in [4.69, 9.17) is 42.5 Å². The van der Waals surface area contributed by atoms with Crippen LogP contribution in [0.5, 0.6) is 0 Å². The van der Waals surface area contributed by atoms with Crippen molar-refractivity contribution in [1.82, 2.24) is 0 Å². The van der Waals surface area contributed by atoms with Crippen molar-refractivity contribution in [2.24, 2.45) is 34.0 Å². The molecule has 0 aliphatic heterocycles. The maximum absolute atomic E-state index is 9.07. The lowest BCUT2D eigenvalue weighted by atomic mass is 9.69. The first-order valence-electron chi connectivity index (χ1n) is 56.4. The molecule has 0 aliphatic rings. The van der Waals surface area contributed by atoms with E-state index in [0.29, 0.717) is 5.56 Å². The Labute approximate surface area is 743 Å². The molecule has 0 radical (unpaired) electrons. The van der Waals surface area contributed by atoms with Crippen LogP contribution in [0.2, 0.25) is 0 Å². The molecular formula is C112H182. The monoisotopic (exact) mass is 1560 g/mol. The van der Waals surface area contributed by atoms with Crippen LogP contribution in [0.4, 0.5) is 0 Å². The fourth-order valence-electron chi connectivity index (χ4n) is 13.1. The van der Waals surface area contributed by atoms with Crippen molar-refractivity contribution in [3.8, 4) is 0 Å².